The van der Waals surface area contributed by atoms with Crippen LogP contribution in [-0.2, 0) is 11.3 Å². The smallest absolute Gasteiger partial charge is 0.225 e. The van der Waals surface area contributed by atoms with Crippen LogP contribution >= 0.6 is 0 Å². The fourth-order valence-electron chi connectivity index (χ4n) is 3.45. The van der Waals surface area contributed by atoms with Gasteiger partial charge in [0.2, 0.25) is 11.9 Å². The second-order valence-electron chi connectivity index (χ2n) is 6.55. The second kappa shape index (κ2) is 7.07. The van der Waals surface area contributed by atoms with Crippen molar-refractivity contribution in [2.75, 3.05) is 18.0 Å². The maximum Gasteiger partial charge on any atom is 0.225 e. The van der Waals surface area contributed by atoms with E-state index in [0.29, 0.717) is 6.54 Å². The van der Waals surface area contributed by atoms with Crippen molar-refractivity contribution in [3.05, 3.63) is 17.5 Å². The first-order valence-corrected chi connectivity index (χ1v) is 8.59. The van der Waals surface area contributed by atoms with Crippen molar-refractivity contribution in [3.63, 3.8) is 0 Å². The summed E-state index contributed by atoms with van der Waals surface area (Å²) >= 11 is 0. The average molecular weight is 302 g/mol. The molecular formula is C17H26N4O. The molecule has 0 spiro atoms. The fourth-order valence-corrected chi connectivity index (χ4v) is 3.45. The van der Waals surface area contributed by atoms with Gasteiger partial charge < -0.3 is 10.2 Å². The molecule has 3 rings (SSSR count). The lowest BCUT2D eigenvalue weighted by molar-refractivity contribution is -0.126. The SMILES string of the molecule is Cc1cc(CNC(=O)C2CCCCC2)nc(N2CCCC2)n1. The van der Waals surface area contributed by atoms with E-state index in [1.165, 1.54) is 32.1 Å². The lowest BCUT2D eigenvalue weighted by atomic mass is 9.89. The number of aromatic nitrogens is 2. The molecule has 2 aliphatic rings. The predicted molar refractivity (Wildman–Crippen MR) is 86.6 cm³/mol. The van der Waals surface area contributed by atoms with Crippen LogP contribution in [0.4, 0.5) is 5.95 Å². The summed E-state index contributed by atoms with van der Waals surface area (Å²) in [5.41, 5.74) is 1.89. The molecule has 5 nitrogen and oxygen atoms in total. The van der Waals surface area contributed by atoms with Gasteiger partial charge in [-0.3, -0.25) is 4.79 Å². The lowest BCUT2D eigenvalue weighted by Gasteiger charge is -2.21. The number of nitrogens with one attached hydrogen (secondary N) is 1. The minimum atomic E-state index is 0.193. The lowest BCUT2D eigenvalue weighted by Crippen LogP contribution is -2.32. The molecule has 120 valence electrons. The number of anilines is 1. The van der Waals surface area contributed by atoms with Gasteiger partial charge in [-0.25, -0.2) is 9.97 Å². The van der Waals surface area contributed by atoms with Gasteiger partial charge in [0.05, 0.1) is 12.2 Å². The molecule has 0 radical (unpaired) electrons. The third-order valence-corrected chi connectivity index (χ3v) is 4.70. The van der Waals surface area contributed by atoms with Crippen molar-refractivity contribution < 1.29 is 4.79 Å². The van der Waals surface area contributed by atoms with Crippen LogP contribution in [0.5, 0.6) is 0 Å². The number of hydrogen-bond acceptors (Lipinski definition) is 4. The van der Waals surface area contributed by atoms with E-state index < -0.39 is 0 Å². The third-order valence-electron chi connectivity index (χ3n) is 4.70. The van der Waals surface area contributed by atoms with E-state index in [0.717, 1.165) is 43.3 Å². The van der Waals surface area contributed by atoms with Crippen LogP contribution in [0, 0.1) is 12.8 Å². The van der Waals surface area contributed by atoms with Gasteiger partial charge in [0.1, 0.15) is 0 Å². The number of carbonyl (C=O) groups is 1. The summed E-state index contributed by atoms with van der Waals surface area (Å²) < 4.78 is 0. The summed E-state index contributed by atoms with van der Waals surface area (Å²) in [6.45, 7) is 4.59. The van der Waals surface area contributed by atoms with E-state index >= 15 is 0 Å². The zero-order valence-electron chi connectivity index (χ0n) is 13.5. The molecule has 1 aromatic rings. The van der Waals surface area contributed by atoms with E-state index in [1.807, 2.05) is 13.0 Å². The van der Waals surface area contributed by atoms with E-state index in [4.69, 9.17) is 0 Å². The van der Waals surface area contributed by atoms with Crippen molar-refractivity contribution in [1.29, 1.82) is 0 Å². The van der Waals surface area contributed by atoms with Crippen LogP contribution in [0.3, 0.4) is 0 Å². The van der Waals surface area contributed by atoms with Gasteiger partial charge in [-0.2, -0.15) is 0 Å². The van der Waals surface area contributed by atoms with Gasteiger partial charge in [0.25, 0.3) is 0 Å². The topological polar surface area (TPSA) is 58.1 Å². The summed E-state index contributed by atoms with van der Waals surface area (Å²) in [5, 5.41) is 3.07. The van der Waals surface area contributed by atoms with Crippen LogP contribution < -0.4 is 10.2 Å². The number of carbonyl (C=O) groups excluding carboxylic acids is 1. The summed E-state index contributed by atoms with van der Waals surface area (Å²) in [6.07, 6.45) is 8.14. The van der Waals surface area contributed by atoms with Gasteiger partial charge in [0, 0.05) is 24.7 Å². The molecule has 0 bridgehead atoms. The highest BCUT2D eigenvalue weighted by molar-refractivity contribution is 5.78. The highest BCUT2D eigenvalue weighted by Crippen LogP contribution is 2.23. The van der Waals surface area contributed by atoms with Crippen molar-refractivity contribution in [2.45, 2.75) is 58.4 Å². The Kier molecular flexibility index (Phi) is 4.90. The van der Waals surface area contributed by atoms with Gasteiger partial charge in [0.15, 0.2) is 0 Å². The van der Waals surface area contributed by atoms with E-state index in [9.17, 15) is 4.79 Å². The normalized spacial score (nSPS) is 19.4. The number of nitrogens with zero attached hydrogens (tertiary/aromatic N) is 3. The van der Waals surface area contributed by atoms with Gasteiger partial charge >= 0.3 is 0 Å². The van der Waals surface area contributed by atoms with E-state index in [2.05, 4.69) is 20.2 Å². The number of hydrogen-bond donors (Lipinski definition) is 1. The van der Waals surface area contributed by atoms with Crippen molar-refractivity contribution in [1.82, 2.24) is 15.3 Å². The highest BCUT2D eigenvalue weighted by Gasteiger charge is 2.21. The largest absolute Gasteiger partial charge is 0.350 e. The van der Waals surface area contributed by atoms with Crippen LogP contribution in [0.1, 0.15) is 56.3 Å². The Morgan fingerprint density at radius 3 is 2.64 bits per heavy atom. The van der Waals surface area contributed by atoms with E-state index in [-0.39, 0.29) is 11.8 Å². The maximum atomic E-state index is 12.2. The quantitative estimate of drug-likeness (QED) is 0.928. The van der Waals surface area contributed by atoms with Gasteiger partial charge in [-0.1, -0.05) is 19.3 Å². The van der Waals surface area contributed by atoms with Crippen LogP contribution in [-0.4, -0.2) is 29.0 Å². The molecule has 1 N–H and O–H groups in total. The standard InChI is InChI=1S/C17H26N4O/c1-13-11-15(20-17(19-13)21-9-5-6-10-21)12-18-16(22)14-7-3-2-4-8-14/h11,14H,2-10,12H2,1H3,(H,18,22). The fraction of sp³-hybridized carbons (Fsp3) is 0.706. The van der Waals surface area contributed by atoms with Gasteiger partial charge in [-0.05, 0) is 38.7 Å². The molecule has 5 heteroatoms. The molecule has 1 aromatic heterocycles. The minimum Gasteiger partial charge on any atom is -0.350 e. The Balaban J connectivity index is 1.60. The highest BCUT2D eigenvalue weighted by atomic mass is 16.1. The zero-order valence-corrected chi connectivity index (χ0v) is 13.5. The Labute approximate surface area is 132 Å². The third kappa shape index (κ3) is 3.76. The second-order valence-corrected chi connectivity index (χ2v) is 6.55. The Bertz CT molecular complexity index is 519. The Morgan fingerprint density at radius 2 is 1.91 bits per heavy atom. The van der Waals surface area contributed by atoms with Crippen LogP contribution in [0.2, 0.25) is 0 Å². The molecule has 2 heterocycles. The van der Waals surface area contributed by atoms with Crippen molar-refractivity contribution in [3.8, 4) is 0 Å². The van der Waals surface area contributed by atoms with Crippen LogP contribution in [0.15, 0.2) is 6.07 Å². The average Bonchev–Trinajstić information content (AvgIpc) is 3.07. The molecule has 0 unspecified atom stereocenters. The molecule has 1 saturated carbocycles. The van der Waals surface area contributed by atoms with Crippen LogP contribution in [0.25, 0.3) is 0 Å². The van der Waals surface area contributed by atoms with Crippen molar-refractivity contribution in [2.24, 2.45) is 5.92 Å². The first-order chi connectivity index (χ1) is 10.7. The van der Waals surface area contributed by atoms with E-state index in [1.54, 1.807) is 0 Å². The molecular weight excluding hydrogens is 276 g/mol. The Morgan fingerprint density at radius 1 is 1.18 bits per heavy atom. The summed E-state index contributed by atoms with van der Waals surface area (Å²) in [5.74, 6) is 1.22. The molecule has 1 saturated heterocycles. The first-order valence-electron chi connectivity index (χ1n) is 8.59. The molecule has 1 aliphatic heterocycles. The van der Waals surface area contributed by atoms with Gasteiger partial charge in [-0.15, -0.1) is 0 Å². The molecule has 2 fully saturated rings. The summed E-state index contributed by atoms with van der Waals surface area (Å²) in [6, 6.07) is 1.97. The summed E-state index contributed by atoms with van der Waals surface area (Å²) in [4.78, 5) is 23.6. The molecule has 1 amide bonds. The minimum absolute atomic E-state index is 0.193. The zero-order chi connectivity index (χ0) is 15.4. The first kappa shape index (κ1) is 15.3. The molecule has 1 aliphatic carbocycles. The predicted octanol–water partition coefficient (Wildman–Crippen LogP) is 2.58. The number of rotatable bonds is 4. The Hall–Kier alpha value is -1.65. The molecule has 0 atom stereocenters. The molecule has 22 heavy (non-hydrogen) atoms. The number of aryl methyl sites for hydroxylation is 1. The van der Waals surface area contributed by atoms with Crippen molar-refractivity contribution >= 4 is 11.9 Å². The molecule has 0 aromatic carbocycles. The summed E-state index contributed by atoms with van der Waals surface area (Å²) in [7, 11) is 0. The maximum absolute atomic E-state index is 12.2. The number of amides is 1. The monoisotopic (exact) mass is 302 g/mol.